The van der Waals surface area contributed by atoms with E-state index in [1.54, 1.807) is 24.9 Å². The van der Waals surface area contributed by atoms with Gasteiger partial charge in [-0.05, 0) is 41.7 Å². The third-order valence-electron chi connectivity index (χ3n) is 7.29. The van der Waals surface area contributed by atoms with Crippen LogP contribution in [0.1, 0.15) is 55.2 Å². The van der Waals surface area contributed by atoms with Crippen molar-refractivity contribution in [2.45, 2.75) is 39.2 Å². The number of urea groups is 1. The van der Waals surface area contributed by atoms with Gasteiger partial charge in [-0.15, -0.1) is 0 Å². The monoisotopic (exact) mass is 536 g/mol. The second kappa shape index (κ2) is 11.6. The van der Waals surface area contributed by atoms with Gasteiger partial charge in [0.1, 0.15) is 5.82 Å². The van der Waals surface area contributed by atoms with E-state index >= 15 is 0 Å². The van der Waals surface area contributed by atoms with Gasteiger partial charge in [0.2, 0.25) is 0 Å². The highest BCUT2D eigenvalue weighted by Crippen LogP contribution is 2.33. The smallest absolute Gasteiger partial charge is 0.338 e. The molecule has 9 heteroatoms. The number of ether oxygens (including phenoxy) is 1. The predicted octanol–water partition coefficient (Wildman–Crippen LogP) is 4.09. The lowest BCUT2D eigenvalue weighted by Crippen LogP contribution is -2.53. The van der Waals surface area contributed by atoms with Gasteiger partial charge >= 0.3 is 12.0 Å². The first kappa shape index (κ1) is 28.3. The summed E-state index contributed by atoms with van der Waals surface area (Å²) in [5.74, 6) is -1.13. The minimum Gasteiger partial charge on any atom is -0.463 e. The van der Waals surface area contributed by atoms with E-state index in [1.807, 2.05) is 24.3 Å². The minimum absolute atomic E-state index is 0.0300. The van der Waals surface area contributed by atoms with E-state index in [0.29, 0.717) is 49.6 Å². The Hall–Kier alpha value is -3.72. The summed E-state index contributed by atoms with van der Waals surface area (Å²) in [7, 11) is 1.65. The number of carbonyl (C=O) groups is 3. The van der Waals surface area contributed by atoms with Crippen LogP contribution in [0.15, 0.2) is 59.8 Å². The summed E-state index contributed by atoms with van der Waals surface area (Å²) in [5, 5.41) is 2.97. The fraction of sp³-hybridized carbons (Fsp3) is 0.433. The molecule has 0 spiro atoms. The zero-order valence-corrected chi connectivity index (χ0v) is 23.3. The molecule has 2 heterocycles. The highest BCUT2D eigenvalue weighted by atomic mass is 19.1. The van der Waals surface area contributed by atoms with Crippen LogP contribution in [0.5, 0.6) is 0 Å². The van der Waals surface area contributed by atoms with Gasteiger partial charge in [0.25, 0.3) is 5.91 Å². The Kier molecular flexibility index (Phi) is 8.39. The number of piperazine rings is 1. The summed E-state index contributed by atoms with van der Waals surface area (Å²) in [6, 6.07) is 12.7. The molecule has 0 bridgehead atoms. The minimum atomic E-state index is -0.646. The Morgan fingerprint density at radius 3 is 2.31 bits per heavy atom. The molecule has 39 heavy (non-hydrogen) atoms. The molecule has 208 valence electrons. The maximum Gasteiger partial charge on any atom is 0.338 e. The van der Waals surface area contributed by atoms with Crippen LogP contribution in [0.4, 0.5) is 9.18 Å². The quantitative estimate of drug-likeness (QED) is 0.563. The molecule has 2 aromatic rings. The van der Waals surface area contributed by atoms with Crippen molar-refractivity contribution in [3.05, 3.63) is 82.3 Å². The normalized spacial score (nSPS) is 18.7. The van der Waals surface area contributed by atoms with Crippen LogP contribution in [0, 0.1) is 5.82 Å². The van der Waals surface area contributed by atoms with Crippen molar-refractivity contribution in [1.82, 2.24) is 20.0 Å². The molecular weight excluding hydrogens is 499 g/mol. The van der Waals surface area contributed by atoms with Crippen molar-refractivity contribution < 1.29 is 23.5 Å². The van der Waals surface area contributed by atoms with Crippen molar-refractivity contribution in [2.75, 3.05) is 46.4 Å². The third-order valence-corrected chi connectivity index (χ3v) is 7.29. The van der Waals surface area contributed by atoms with Crippen molar-refractivity contribution in [1.29, 1.82) is 0 Å². The molecule has 3 amide bonds. The zero-order valence-electron chi connectivity index (χ0n) is 23.3. The summed E-state index contributed by atoms with van der Waals surface area (Å²) in [5.41, 5.74) is 3.22. The Morgan fingerprint density at radius 2 is 1.72 bits per heavy atom. The van der Waals surface area contributed by atoms with Gasteiger partial charge in [0, 0.05) is 51.0 Å². The number of esters is 1. The number of carbonyl (C=O) groups excluding carboxylic acids is 3. The fourth-order valence-corrected chi connectivity index (χ4v) is 4.95. The topological polar surface area (TPSA) is 82.2 Å². The number of halogens is 1. The first-order chi connectivity index (χ1) is 18.5. The molecule has 4 rings (SSSR count). The van der Waals surface area contributed by atoms with Crippen LogP contribution in [-0.4, -0.2) is 79.0 Å². The van der Waals surface area contributed by atoms with E-state index in [1.165, 1.54) is 23.1 Å². The molecule has 2 aliphatic rings. The second-order valence-electron chi connectivity index (χ2n) is 11.0. The molecule has 1 fully saturated rings. The summed E-state index contributed by atoms with van der Waals surface area (Å²) in [4.78, 5) is 44.4. The van der Waals surface area contributed by atoms with E-state index in [0.717, 1.165) is 11.1 Å². The lowest BCUT2D eigenvalue weighted by molar-refractivity contribution is -0.139. The van der Waals surface area contributed by atoms with Crippen molar-refractivity contribution >= 4 is 17.9 Å². The van der Waals surface area contributed by atoms with E-state index in [-0.39, 0.29) is 24.0 Å². The molecule has 8 nitrogen and oxygen atoms in total. The highest BCUT2D eigenvalue weighted by molar-refractivity contribution is 5.95. The van der Waals surface area contributed by atoms with E-state index < -0.39 is 17.8 Å². The molecule has 0 saturated carbocycles. The molecule has 0 aromatic heterocycles. The third kappa shape index (κ3) is 6.30. The Bertz CT molecular complexity index is 1260. The van der Waals surface area contributed by atoms with Gasteiger partial charge in [-0.2, -0.15) is 0 Å². The molecule has 2 aliphatic heterocycles. The number of nitrogens with one attached hydrogen (secondary N) is 1. The maximum absolute atomic E-state index is 13.6. The summed E-state index contributed by atoms with van der Waals surface area (Å²) in [6.07, 6.45) is 0. The van der Waals surface area contributed by atoms with Gasteiger partial charge < -0.3 is 15.0 Å². The van der Waals surface area contributed by atoms with Gasteiger partial charge in [-0.3, -0.25) is 14.6 Å². The molecule has 2 aromatic carbocycles. The van der Waals surface area contributed by atoms with Crippen LogP contribution >= 0.6 is 0 Å². The zero-order chi connectivity index (χ0) is 28.3. The van der Waals surface area contributed by atoms with Crippen LogP contribution in [0.2, 0.25) is 0 Å². The molecule has 1 N–H and O–H groups in total. The van der Waals surface area contributed by atoms with Gasteiger partial charge in [-0.25, -0.2) is 14.0 Å². The summed E-state index contributed by atoms with van der Waals surface area (Å²) in [6.45, 7) is 10.7. The van der Waals surface area contributed by atoms with Crippen molar-refractivity contribution in [3.8, 4) is 0 Å². The number of nitrogens with zero attached hydrogens (tertiary/aromatic N) is 3. The average molecular weight is 537 g/mol. The number of benzene rings is 2. The van der Waals surface area contributed by atoms with Gasteiger partial charge in [0.05, 0.1) is 18.2 Å². The number of hydrogen-bond donors (Lipinski definition) is 1. The van der Waals surface area contributed by atoms with E-state index in [2.05, 4.69) is 31.0 Å². The van der Waals surface area contributed by atoms with Crippen LogP contribution in [-0.2, 0) is 14.9 Å². The molecule has 0 aliphatic carbocycles. The lowest BCUT2D eigenvalue weighted by Gasteiger charge is -2.39. The highest BCUT2D eigenvalue weighted by Gasteiger charge is 2.38. The second-order valence-corrected chi connectivity index (χ2v) is 11.0. The largest absolute Gasteiger partial charge is 0.463 e. The lowest BCUT2D eigenvalue weighted by atomic mass is 9.85. The fourth-order valence-electron chi connectivity index (χ4n) is 4.95. The maximum atomic E-state index is 13.6. The first-order valence-electron chi connectivity index (χ1n) is 13.3. The molecule has 1 saturated heterocycles. The van der Waals surface area contributed by atoms with Crippen LogP contribution in [0.3, 0.4) is 0 Å². The Balaban J connectivity index is 1.58. The summed E-state index contributed by atoms with van der Waals surface area (Å²) < 4.78 is 19.1. The average Bonchev–Trinajstić information content (AvgIpc) is 2.91. The summed E-state index contributed by atoms with van der Waals surface area (Å²) >= 11 is 0. The molecular formula is C30H37FN4O4. The number of amides is 3. The Morgan fingerprint density at radius 1 is 1.05 bits per heavy atom. The van der Waals surface area contributed by atoms with Crippen LogP contribution in [0.25, 0.3) is 0 Å². The predicted molar refractivity (Wildman–Crippen MR) is 147 cm³/mol. The SMILES string of the molecule is CCOC(=O)C1=C(CN2CCN(C(=O)c3cccc(F)c3)CC2)N(C)C(=O)N[C@H]1c1ccc(C(C)(C)C)cc1. The molecule has 1 atom stereocenters. The Labute approximate surface area is 229 Å². The molecule has 0 unspecified atom stereocenters. The van der Waals surface area contributed by atoms with E-state index in [4.69, 9.17) is 4.74 Å². The first-order valence-corrected chi connectivity index (χ1v) is 13.3. The molecule has 0 radical (unpaired) electrons. The van der Waals surface area contributed by atoms with Gasteiger partial charge in [-0.1, -0.05) is 51.1 Å². The van der Waals surface area contributed by atoms with E-state index in [9.17, 15) is 18.8 Å². The van der Waals surface area contributed by atoms with Gasteiger partial charge in [0.15, 0.2) is 0 Å². The number of hydrogen-bond acceptors (Lipinski definition) is 5. The standard InChI is InChI=1S/C30H37FN4O4/c1-6-39-28(37)25-24(19-34-14-16-35(17-15-34)27(36)21-8-7-9-23(31)18-21)33(5)29(38)32-26(25)20-10-12-22(13-11-20)30(2,3)4/h7-13,18,26H,6,14-17,19H2,1-5H3,(H,32,38)/t26-/m0/s1. The van der Waals surface area contributed by atoms with Crippen molar-refractivity contribution in [2.24, 2.45) is 0 Å². The number of likely N-dealkylation sites (N-methyl/N-ethyl adjacent to an activating group) is 1. The number of rotatable bonds is 6. The van der Waals surface area contributed by atoms with Crippen LogP contribution < -0.4 is 5.32 Å². The van der Waals surface area contributed by atoms with Crippen molar-refractivity contribution in [3.63, 3.8) is 0 Å².